The first kappa shape index (κ1) is 19.7. The summed E-state index contributed by atoms with van der Waals surface area (Å²) in [5.41, 5.74) is 20.7. The van der Waals surface area contributed by atoms with Crippen molar-refractivity contribution in [3.63, 3.8) is 0 Å². The fourth-order valence-corrected chi connectivity index (χ4v) is 2.65. The summed E-state index contributed by atoms with van der Waals surface area (Å²) in [6.45, 7) is 9.37. The van der Waals surface area contributed by atoms with Gasteiger partial charge in [-0.15, -0.1) is 0 Å². The quantitative estimate of drug-likeness (QED) is 0.328. The second-order valence-corrected chi connectivity index (χ2v) is 5.83. The lowest BCUT2D eigenvalue weighted by molar-refractivity contribution is 0.884. The molecule has 0 radical (unpaired) electrons. The SMILES string of the molecule is C=C/C=C(\C=C/N)n1ccc2cc(N=C(N)C=C(CC)NC(=C)N)ccc21. The van der Waals surface area contributed by atoms with Crippen LogP contribution in [0, 0.1) is 0 Å². The molecule has 6 nitrogen and oxygen atoms in total. The Labute approximate surface area is 159 Å². The number of aliphatic imine (C=N–C) groups is 1. The molecular formula is C21H26N6. The summed E-state index contributed by atoms with van der Waals surface area (Å²) < 4.78 is 2.03. The molecule has 0 aliphatic heterocycles. The molecule has 1 aromatic carbocycles. The third-order valence-electron chi connectivity index (χ3n) is 3.79. The van der Waals surface area contributed by atoms with E-state index in [2.05, 4.69) is 23.5 Å². The van der Waals surface area contributed by atoms with Crippen LogP contribution in [0.3, 0.4) is 0 Å². The Hall–Kier alpha value is -3.67. The Bertz CT molecular complexity index is 956. The van der Waals surface area contributed by atoms with Crippen LogP contribution in [0.25, 0.3) is 16.6 Å². The molecule has 1 heterocycles. The minimum absolute atomic E-state index is 0.369. The number of hydrogen-bond donors (Lipinski definition) is 4. The molecule has 6 heteroatoms. The van der Waals surface area contributed by atoms with Gasteiger partial charge in [-0.25, -0.2) is 4.99 Å². The zero-order valence-corrected chi connectivity index (χ0v) is 15.5. The molecule has 0 aliphatic carbocycles. The first-order valence-electron chi connectivity index (χ1n) is 8.57. The van der Waals surface area contributed by atoms with Crippen LogP contribution in [0.5, 0.6) is 0 Å². The zero-order valence-electron chi connectivity index (χ0n) is 15.5. The van der Waals surface area contributed by atoms with Gasteiger partial charge in [-0.3, -0.25) is 0 Å². The van der Waals surface area contributed by atoms with Crippen LogP contribution in [-0.2, 0) is 0 Å². The molecule has 0 aliphatic rings. The standard InChI is InChI=1S/C21H26N6/c1-4-6-19(9-11-22)27-12-10-16-13-18(7-8-20(16)27)26-21(24)14-17(5-2)25-15(3)23/h4,6-14,25H,1,3,5,22-23H2,2H3,(H2,24,26)/b11-9-,17-14?,19-6+. The number of rotatable bonds is 8. The molecule has 0 unspecified atom stereocenters. The second-order valence-electron chi connectivity index (χ2n) is 5.83. The van der Waals surface area contributed by atoms with Gasteiger partial charge in [0.2, 0.25) is 0 Å². The molecule has 0 saturated carbocycles. The van der Waals surface area contributed by atoms with Crippen molar-refractivity contribution < 1.29 is 0 Å². The summed E-state index contributed by atoms with van der Waals surface area (Å²) in [5, 5.41) is 4.00. The van der Waals surface area contributed by atoms with E-state index in [-0.39, 0.29) is 0 Å². The predicted octanol–water partition coefficient (Wildman–Crippen LogP) is 3.44. The number of nitrogens with two attached hydrogens (primary N) is 3. The van der Waals surface area contributed by atoms with Gasteiger partial charge in [0, 0.05) is 23.0 Å². The minimum Gasteiger partial charge on any atom is -0.405 e. The lowest BCUT2D eigenvalue weighted by atomic mass is 10.2. The number of aromatic nitrogens is 1. The van der Waals surface area contributed by atoms with Crippen LogP contribution in [-0.4, -0.2) is 10.4 Å². The molecule has 7 N–H and O–H groups in total. The zero-order chi connectivity index (χ0) is 19.8. The van der Waals surface area contributed by atoms with Crippen molar-refractivity contribution in [3.05, 3.63) is 85.6 Å². The summed E-state index contributed by atoms with van der Waals surface area (Å²) in [6, 6.07) is 7.90. The Morgan fingerprint density at radius 2 is 2.07 bits per heavy atom. The Balaban J connectivity index is 2.37. The van der Waals surface area contributed by atoms with Gasteiger partial charge in [-0.2, -0.15) is 0 Å². The third-order valence-corrected chi connectivity index (χ3v) is 3.79. The first-order valence-corrected chi connectivity index (χ1v) is 8.57. The van der Waals surface area contributed by atoms with Gasteiger partial charge in [0.1, 0.15) is 5.84 Å². The number of nitrogens with one attached hydrogen (secondary N) is 1. The molecule has 1 aromatic heterocycles. The highest BCUT2D eigenvalue weighted by Gasteiger charge is 2.05. The molecule has 0 saturated heterocycles. The number of benzene rings is 1. The van der Waals surface area contributed by atoms with E-state index in [9.17, 15) is 0 Å². The van der Waals surface area contributed by atoms with Crippen molar-refractivity contribution in [1.82, 2.24) is 9.88 Å². The molecule has 2 aromatic rings. The average Bonchev–Trinajstić information content (AvgIpc) is 3.03. The molecule has 140 valence electrons. The number of amidine groups is 1. The number of hydrogen-bond acceptors (Lipinski definition) is 4. The maximum absolute atomic E-state index is 6.05. The van der Waals surface area contributed by atoms with Crippen molar-refractivity contribution in [3.8, 4) is 0 Å². The van der Waals surface area contributed by atoms with Crippen molar-refractivity contribution in [2.24, 2.45) is 22.2 Å². The maximum atomic E-state index is 6.05. The van der Waals surface area contributed by atoms with Gasteiger partial charge in [0.05, 0.1) is 17.0 Å². The van der Waals surface area contributed by atoms with Crippen LogP contribution in [0.2, 0.25) is 0 Å². The highest BCUT2D eigenvalue weighted by Crippen LogP contribution is 2.25. The molecule has 27 heavy (non-hydrogen) atoms. The lowest BCUT2D eigenvalue weighted by Gasteiger charge is -2.08. The highest BCUT2D eigenvalue weighted by atomic mass is 15.0. The molecule has 0 bridgehead atoms. The van der Waals surface area contributed by atoms with E-state index in [1.165, 1.54) is 6.20 Å². The lowest BCUT2D eigenvalue weighted by Crippen LogP contribution is -2.20. The van der Waals surface area contributed by atoms with Gasteiger partial charge >= 0.3 is 0 Å². The van der Waals surface area contributed by atoms with E-state index in [1.54, 1.807) is 12.2 Å². The van der Waals surface area contributed by atoms with Gasteiger partial charge in [0.25, 0.3) is 0 Å². The monoisotopic (exact) mass is 362 g/mol. The summed E-state index contributed by atoms with van der Waals surface area (Å²) in [6.07, 6.45) is 11.4. The summed E-state index contributed by atoms with van der Waals surface area (Å²) in [4.78, 5) is 4.46. The summed E-state index contributed by atoms with van der Waals surface area (Å²) >= 11 is 0. The van der Waals surface area contributed by atoms with Crippen molar-refractivity contribution in [2.75, 3.05) is 0 Å². The normalized spacial score (nSPS) is 13.3. The van der Waals surface area contributed by atoms with Crippen LogP contribution < -0.4 is 22.5 Å². The Morgan fingerprint density at radius 1 is 1.30 bits per heavy atom. The van der Waals surface area contributed by atoms with Crippen LogP contribution in [0.4, 0.5) is 5.69 Å². The van der Waals surface area contributed by atoms with Gasteiger partial charge in [0.15, 0.2) is 0 Å². The Kier molecular flexibility index (Phi) is 6.66. The summed E-state index contributed by atoms with van der Waals surface area (Å²) in [5.74, 6) is 0.756. The predicted molar refractivity (Wildman–Crippen MR) is 116 cm³/mol. The summed E-state index contributed by atoms with van der Waals surface area (Å²) in [7, 11) is 0. The van der Waals surface area contributed by atoms with Gasteiger partial charge < -0.3 is 27.1 Å². The molecule has 0 atom stereocenters. The second kappa shape index (κ2) is 9.15. The number of nitrogens with zero attached hydrogens (tertiary/aromatic N) is 2. The van der Waals surface area contributed by atoms with Crippen molar-refractivity contribution in [2.45, 2.75) is 13.3 Å². The number of fused-ring (bicyclic) bond motifs is 1. The van der Waals surface area contributed by atoms with Crippen LogP contribution in [0.1, 0.15) is 13.3 Å². The largest absolute Gasteiger partial charge is 0.405 e. The van der Waals surface area contributed by atoms with E-state index in [0.717, 1.165) is 34.4 Å². The molecule has 0 fully saturated rings. The van der Waals surface area contributed by atoms with Crippen molar-refractivity contribution >= 4 is 28.1 Å². The molecule has 2 rings (SSSR count). The fraction of sp³-hybridized carbons (Fsp3) is 0.0952. The topological polar surface area (TPSA) is 107 Å². The third kappa shape index (κ3) is 5.15. The van der Waals surface area contributed by atoms with Crippen LogP contribution >= 0.6 is 0 Å². The van der Waals surface area contributed by atoms with E-state index in [1.807, 2.05) is 54.1 Å². The van der Waals surface area contributed by atoms with Crippen molar-refractivity contribution in [1.29, 1.82) is 0 Å². The van der Waals surface area contributed by atoms with Crippen LogP contribution in [0.15, 0.2) is 90.6 Å². The van der Waals surface area contributed by atoms with E-state index < -0.39 is 0 Å². The number of allylic oxidation sites excluding steroid dienone is 5. The smallest absolute Gasteiger partial charge is 0.125 e. The maximum Gasteiger partial charge on any atom is 0.125 e. The average molecular weight is 362 g/mol. The van der Waals surface area contributed by atoms with E-state index >= 15 is 0 Å². The molecular weight excluding hydrogens is 336 g/mol. The first-order chi connectivity index (χ1) is 13.0. The molecule has 0 amide bonds. The van der Waals surface area contributed by atoms with Gasteiger partial charge in [-0.1, -0.05) is 26.2 Å². The fourth-order valence-electron chi connectivity index (χ4n) is 2.65. The van der Waals surface area contributed by atoms with E-state index in [0.29, 0.717) is 11.7 Å². The highest BCUT2D eigenvalue weighted by molar-refractivity contribution is 5.95. The van der Waals surface area contributed by atoms with E-state index in [4.69, 9.17) is 17.2 Å². The Morgan fingerprint density at radius 3 is 2.70 bits per heavy atom. The van der Waals surface area contributed by atoms with Gasteiger partial charge in [-0.05, 0) is 55.1 Å². The molecule has 0 spiro atoms. The minimum atomic E-state index is 0.369.